The molecule has 8 nitrogen and oxygen atoms in total. The van der Waals surface area contributed by atoms with Crippen LogP contribution in [0.15, 0.2) is 42.6 Å². The average Bonchev–Trinajstić information content (AvgIpc) is 2.77. The van der Waals surface area contributed by atoms with E-state index in [9.17, 15) is 18.4 Å². The van der Waals surface area contributed by atoms with E-state index in [4.69, 9.17) is 15.2 Å². The van der Waals surface area contributed by atoms with Gasteiger partial charge in [0, 0.05) is 36.9 Å². The van der Waals surface area contributed by atoms with Crippen LogP contribution in [0.2, 0.25) is 0 Å². The van der Waals surface area contributed by atoms with E-state index in [1.54, 1.807) is 49.6 Å². The van der Waals surface area contributed by atoms with Crippen molar-refractivity contribution in [2.75, 3.05) is 26.0 Å². The minimum atomic E-state index is -2.64. The van der Waals surface area contributed by atoms with E-state index in [0.717, 1.165) is 4.90 Å². The number of nitrogens with two attached hydrogens (primary N) is 1. The number of alkyl halides is 2. The molecule has 3 N–H and O–H groups in total. The Labute approximate surface area is 182 Å². The Balaban J connectivity index is 1.98. The molecule has 0 saturated heterocycles. The topological polar surface area (TPSA) is 107 Å². The summed E-state index contributed by atoms with van der Waals surface area (Å²) in [4.78, 5) is 28.3. The highest BCUT2D eigenvalue weighted by Gasteiger charge is 2.16. The molecule has 0 fully saturated rings. The van der Waals surface area contributed by atoms with Gasteiger partial charge in [-0.1, -0.05) is 0 Å². The van der Waals surface area contributed by atoms with E-state index >= 15 is 0 Å². The van der Waals surface area contributed by atoms with Crippen molar-refractivity contribution in [3.05, 3.63) is 53.7 Å². The molecule has 0 spiro atoms. The zero-order valence-electron chi connectivity index (χ0n) is 17.5. The molecule has 0 unspecified atom stereocenters. The molecule has 0 bridgehead atoms. The molecule has 0 radical (unpaired) electrons. The van der Waals surface area contributed by atoms with Crippen LogP contribution in [0.25, 0.3) is 10.9 Å². The number of rotatable bonds is 10. The summed E-state index contributed by atoms with van der Waals surface area (Å²) in [7, 11) is 3.11. The summed E-state index contributed by atoms with van der Waals surface area (Å²) >= 11 is 0. The Hall–Kier alpha value is -3.95. The minimum Gasteiger partial charge on any atom is -0.496 e. The first kappa shape index (κ1) is 22.7. The van der Waals surface area contributed by atoms with Gasteiger partial charge in [0.1, 0.15) is 17.2 Å². The Bertz CT molecular complexity index is 1140. The SMILES string of the molecule is CNc1ccc(Oc2ccnc3cc(OC)c(C(N)=O)cc23)cc1CN(C=O)CC(F)F. The summed E-state index contributed by atoms with van der Waals surface area (Å²) in [5.74, 6) is 0.449. The zero-order valence-corrected chi connectivity index (χ0v) is 17.5. The van der Waals surface area contributed by atoms with Gasteiger partial charge in [-0.05, 0) is 35.9 Å². The fourth-order valence-corrected chi connectivity index (χ4v) is 3.27. The summed E-state index contributed by atoms with van der Waals surface area (Å²) in [5.41, 5.74) is 7.42. The van der Waals surface area contributed by atoms with Gasteiger partial charge >= 0.3 is 0 Å². The van der Waals surface area contributed by atoms with Crippen molar-refractivity contribution in [3.8, 4) is 17.2 Å². The smallest absolute Gasteiger partial charge is 0.255 e. The number of nitrogens with one attached hydrogen (secondary N) is 1. The number of ether oxygens (including phenoxy) is 2. The van der Waals surface area contributed by atoms with Crippen molar-refractivity contribution in [1.82, 2.24) is 9.88 Å². The summed E-state index contributed by atoms with van der Waals surface area (Å²) in [6.07, 6.45) is -0.716. The van der Waals surface area contributed by atoms with Gasteiger partial charge in [-0.25, -0.2) is 8.78 Å². The predicted molar refractivity (Wildman–Crippen MR) is 115 cm³/mol. The lowest BCUT2D eigenvalue weighted by Crippen LogP contribution is -2.27. The maximum atomic E-state index is 12.7. The van der Waals surface area contributed by atoms with Gasteiger partial charge in [-0.15, -0.1) is 0 Å². The lowest BCUT2D eigenvalue weighted by atomic mass is 10.1. The van der Waals surface area contributed by atoms with Gasteiger partial charge < -0.3 is 25.4 Å². The molecule has 0 atom stereocenters. The molecule has 3 rings (SSSR count). The van der Waals surface area contributed by atoms with Crippen molar-refractivity contribution in [3.63, 3.8) is 0 Å². The highest BCUT2D eigenvalue weighted by molar-refractivity contribution is 6.01. The van der Waals surface area contributed by atoms with E-state index in [-0.39, 0.29) is 12.1 Å². The highest BCUT2D eigenvalue weighted by atomic mass is 19.3. The van der Waals surface area contributed by atoms with Gasteiger partial charge in [-0.3, -0.25) is 14.6 Å². The third kappa shape index (κ3) is 5.02. The number of carbonyl (C=O) groups excluding carboxylic acids is 2. The number of nitrogens with zero attached hydrogens (tertiary/aromatic N) is 2. The Morgan fingerprint density at radius 3 is 2.66 bits per heavy atom. The molecular weight excluding hydrogens is 422 g/mol. The van der Waals surface area contributed by atoms with Gasteiger partial charge in [0.25, 0.3) is 12.3 Å². The van der Waals surface area contributed by atoms with Crippen LogP contribution in [-0.2, 0) is 11.3 Å². The van der Waals surface area contributed by atoms with Gasteiger partial charge in [0.2, 0.25) is 6.41 Å². The number of pyridine rings is 1. The van der Waals surface area contributed by atoms with Gasteiger partial charge in [0.15, 0.2) is 0 Å². The molecule has 0 aliphatic carbocycles. The number of methoxy groups -OCH3 is 1. The van der Waals surface area contributed by atoms with Crippen LogP contribution in [0.5, 0.6) is 17.2 Å². The number of primary amides is 1. The highest BCUT2D eigenvalue weighted by Crippen LogP contribution is 2.34. The third-order valence-corrected chi connectivity index (χ3v) is 4.76. The fourth-order valence-electron chi connectivity index (χ4n) is 3.27. The average molecular weight is 444 g/mol. The summed E-state index contributed by atoms with van der Waals surface area (Å²) in [5, 5.41) is 3.51. The molecule has 1 aromatic heterocycles. The maximum absolute atomic E-state index is 12.7. The number of carbonyl (C=O) groups is 2. The molecule has 168 valence electrons. The van der Waals surface area contributed by atoms with Crippen LogP contribution in [0.3, 0.4) is 0 Å². The van der Waals surface area contributed by atoms with Crippen LogP contribution in [-0.4, -0.2) is 49.3 Å². The first-order valence-electron chi connectivity index (χ1n) is 9.58. The van der Waals surface area contributed by atoms with E-state index in [2.05, 4.69) is 10.3 Å². The Kier molecular flexibility index (Phi) is 7.04. The lowest BCUT2D eigenvalue weighted by Gasteiger charge is -2.20. The quantitative estimate of drug-likeness (QED) is 0.464. The Morgan fingerprint density at radius 1 is 1.25 bits per heavy atom. The first-order valence-corrected chi connectivity index (χ1v) is 9.58. The molecule has 2 amide bonds. The fraction of sp³-hybridized carbons (Fsp3) is 0.227. The summed E-state index contributed by atoms with van der Waals surface area (Å²) in [6, 6.07) is 9.82. The van der Waals surface area contributed by atoms with E-state index in [1.165, 1.54) is 7.11 Å². The second kappa shape index (κ2) is 9.90. The maximum Gasteiger partial charge on any atom is 0.255 e. The normalized spacial score (nSPS) is 10.8. The second-order valence-electron chi connectivity index (χ2n) is 6.84. The van der Waals surface area contributed by atoms with Gasteiger partial charge in [-0.2, -0.15) is 0 Å². The van der Waals surface area contributed by atoms with E-state index in [1.807, 2.05) is 0 Å². The van der Waals surface area contributed by atoms with Crippen molar-refractivity contribution in [1.29, 1.82) is 0 Å². The van der Waals surface area contributed by atoms with Crippen LogP contribution < -0.4 is 20.5 Å². The zero-order chi connectivity index (χ0) is 23.3. The van der Waals surface area contributed by atoms with Crippen molar-refractivity contribution < 1.29 is 27.8 Å². The molecule has 2 aromatic carbocycles. The third-order valence-electron chi connectivity index (χ3n) is 4.76. The number of aromatic nitrogens is 1. The van der Waals surface area contributed by atoms with Crippen molar-refractivity contribution >= 4 is 28.9 Å². The molecule has 0 saturated carbocycles. The molecule has 0 aliphatic heterocycles. The van der Waals surface area contributed by atoms with E-state index in [0.29, 0.717) is 45.8 Å². The number of benzene rings is 2. The number of fused-ring (bicyclic) bond motifs is 1. The molecule has 3 aromatic rings. The van der Waals surface area contributed by atoms with Crippen LogP contribution in [0, 0.1) is 0 Å². The number of amides is 2. The monoisotopic (exact) mass is 444 g/mol. The van der Waals surface area contributed by atoms with Crippen LogP contribution >= 0.6 is 0 Å². The number of hydrogen-bond acceptors (Lipinski definition) is 6. The second-order valence-corrected chi connectivity index (χ2v) is 6.84. The molecule has 10 heteroatoms. The number of halogens is 2. The van der Waals surface area contributed by atoms with E-state index < -0.39 is 18.9 Å². The lowest BCUT2D eigenvalue weighted by molar-refractivity contribution is -0.120. The van der Waals surface area contributed by atoms with Crippen molar-refractivity contribution in [2.24, 2.45) is 5.73 Å². The summed E-state index contributed by atoms with van der Waals surface area (Å²) in [6.45, 7) is -0.703. The van der Waals surface area contributed by atoms with Crippen molar-refractivity contribution in [2.45, 2.75) is 13.0 Å². The number of hydrogen-bond donors (Lipinski definition) is 2. The predicted octanol–water partition coefficient (Wildman–Crippen LogP) is 3.40. The number of anilines is 1. The Morgan fingerprint density at radius 2 is 2.03 bits per heavy atom. The molecule has 1 heterocycles. The largest absolute Gasteiger partial charge is 0.496 e. The van der Waals surface area contributed by atoms with Crippen LogP contribution in [0.4, 0.5) is 14.5 Å². The molecule has 0 aliphatic rings. The van der Waals surface area contributed by atoms with Crippen LogP contribution in [0.1, 0.15) is 15.9 Å². The summed E-state index contributed by atoms with van der Waals surface area (Å²) < 4.78 is 36.7. The standard InChI is InChI=1S/C22H22F2N4O4/c1-26-17-4-3-14(7-13(17)10-28(12-29)11-21(23)24)32-19-5-6-27-18-9-20(31-2)16(22(25)30)8-15(18)19/h3-9,12,21,26H,10-11H2,1-2H3,(H2,25,30). The van der Waals surface area contributed by atoms with Gasteiger partial charge in [0.05, 0.1) is 24.7 Å². The minimum absolute atomic E-state index is 0.0265. The first-order chi connectivity index (χ1) is 15.4. The molecule has 32 heavy (non-hydrogen) atoms. The molecular formula is C22H22F2N4O4.